The quantitative estimate of drug-likeness (QED) is 0.471. The smallest absolute Gasteiger partial charge is 0.222 e. The maximum absolute atomic E-state index is 11.7. The molecule has 6 nitrogen and oxygen atoms in total. The van der Waals surface area contributed by atoms with Crippen LogP contribution in [-0.4, -0.2) is 30.2 Å². The van der Waals surface area contributed by atoms with Crippen LogP contribution in [0.3, 0.4) is 0 Å². The van der Waals surface area contributed by atoms with Gasteiger partial charge in [0.25, 0.3) is 0 Å². The highest BCUT2D eigenvalue weighted by molar-refractivity contribution is 7.73. The van der Waals surface area contributed by atoms with E-state index in [-0.39, 0.29) is 5.95 Å². The van der Waals surface area contributed by atoms with Gasteiger partial charge in [0.1, 0.15) is 16.5 Å². The Bertz CT molecular complexity index is 1050. The molecule has 0 saturated carbocycles. The number of rotatable bonds is 8. The lowest BCUT2D eigenvalue weighted by molar-refractivity contribution is 0.592. The molecule has 29 heavy (non-hydrogen) atoms. The number of nitrogens with zero attached hydrogens (tertiary/aromatic N) is 2. The van der Waals surface area contributed by atoms with Crippen LogP contribution in [0.5, 0.6) is 0 Å². The van der Waals surface area contributed by atoms with Crippen molar-refractivity contribution in [3.8, 4) is 11.3 Å². The molecule has 3 N–H and O–H groups in total. The number of thiol groups is 1. The first-order valence-electron chi connectivity index (χ1n) is 9.25. The number of hydrogen-bond donors (Lipinski definition) is 3. The van der Waals surface area contributed by atoms with Gasteiger partial charge < -0.3 is 11.1 Å². The summed E-state index contributed by atoms with van der Waals surface area (Å²) >= 11 is 6.21. The van der Waals surface area contributed by atoms with E-state index in [0.717, 1.165) is 16.7 Å². The van der Waals surface area contributed by atoms with Crippen molar-refractivity contribution in [1.29, 1.82) is 0 Å². The van der Waals surface area contributed by atoms with Crippen LogP contribution in [-0.2, 0) is 17.1 Å². The van der Waals surface area contributed by atoms with Crippen LogP contribution in [0, 0.1) is 6.92 Å². The fourth-order valence-electron chi connectivity index (χ4n) is 3.11. The van der Waals surface area contributed by atoms with Crippen LogP contribution < -0.4 is 11.1 Å². The zero-order chi connectivity index (χ0) is 20.8. The summed E-state index contributed by atoms with van der Waals surface area (Å²) in [5.41, 5.74) is 9.32. The van der Waals surface area contributed by atoms with Crippen LogP contribution in [0.2, 0.25) is 5.02 Å². The maximum atomic E-state index is 11.7. The molecular weight excluding hydrogens is 408 g/mol. The van der Waals surface area contributed by atoms with Crippen molar-refractivity contribution in [2.24, 2.45) is 0 Å². The predicted molar refractivity (Wildman–Crippen MR) is 119 cm³/mol. The zero-order valence-corrected chi connectivity index (χ0v) is 17.7. The van der Waals surface area contributed by atoms with Crippen molar-refractivity contribution in [3.63, 3.8) is 0 Å². The van der Waals surface area contributed by atoms with Crippen molar-refractivity contribution < 1.29 is 8.42 Å². The molecule has 8 heteroatoms. The third kappa shape index (κ3) is 5.68. The molecule has 3 rings (SSSR count). The lowest BCUT2D eigenvalue weighted by atomic mass is 10.1. The van der Waals surface area contributed by atoms with E-state index in [2.05, 4.69) is 15.3 Å². The lowest BCUT2D eigenvalue weighted by Crippen LogP contribution is -2.19. The molecule has 3 aromatic rings. The molecule has 0 aliphatic rings. The van der Waals surface area contributed by atoms with Gasteiger partial charge >= 0.3 is 0 Å². The van der Waals surface area contributed by atoms with E-state index >= 15 is 0 Å². The molecule has 152 valence electrons. The third-order valence-electron chi connectivity index (χ3n) is 4.68. The third-order valence-corrected chi connectivity index (χ3v) is 6.13. The summed E-state index contributed by atoms with van der Waals surface area (Å²) in [5, 5.41) is 3.37. The first-order chi connectivity index (χ1) is 13.9. The topological polar surface area (TPSA) is 98.0 Å². The molecule has 1 aromatic heterocycles. The molecule has 0 bridgehead atoms. The number of anilines is 2. The van der Waals surface area contributed by atoms with Gasteiger partial charge in [-0.1, -0.05) is 54.1 Å². The summed E-state index contributed by atoms with van der Waals surface area (Å²) in [5.74, 6) is 0.687. The molecule has 0 aliphatic carbocycles. The fraction of sp³-hybridized carbons (Fsp3) is 0.238. The largest absolute Gasteiger partial charge is 0.370 e. The average molecular weight is 431 g/mol. The van der Waals surface area contributed by atoms with Gasteiger partial charge in [0.05, 0.1) is 10.9 Å². The van der Waals surface area contributed by atoms with Crippen LogP contribution in [0.15, 0.2) is 54.6 Å². The number of hydrogen-bond acceptors (Lipinski definition) is 6. The second-order valence-corrected chi connectivity index (χ2v) is 8.46. The molecule has 0 radical (unpaired) electrons. The van der Waals surface area contributed by atoms with Crippen molar-refractivity contribution in [2.75, 3.05) is 17.6 Å². The highest BCUT2D eigenvalue weighted by Gasteiger charge is 2.14. The summed E-state index contributed by atoms with van der Waals surface area (Å²) < 4.78 is 23.3. The van der Waals surface area contributed by atoms with Crippen LogP contribution in [0.1, 0.15) is 17.5 Å². The van der Waals surface area contributed by atoms with E-state index in [1.54, 1.807) is 6.07 Å². The average Bonchev–Trinajstić information content (AvgIpc) is 2.69. The molecule has 0 spiro atoms. The minimum atomic E-state index is -2.54. The molecule has 0 aliphatic heterocycles. The predicted octanol–water partition coefficient (Wildman–Crippen LogP) is 3.71. The van der Waals surface area contributed by atoms with Gasteiger partial charge in [0.2, 0.25) is 5.95 Å². The summed E-state index contributed by atoms with van der Waals surface area (Å²) in [7, 11) is -2.54. The van der Waals surface area contributed by atoms with E-state index in [1.807, 2.05) is 55.5 Å². The van der Waals surface area contributed by atoms with Gasteiger partial charge in [0, 0.05) is 23.2 Å². The second kappa shape index (κ2) is 9.71. The Morgan fingerprint density at radius 3 is 2.59 bits per heavy atom. The highest BCUT2D eigenvalue weighted by atomic mass is 35.5. The van der Waals surface area contributed by atoms with Gasteiger partial charge in [-0.2, -0.15) is 4.98 Å². The van der Waals surface area contributed by atoms with Crippen LogP contribution in [0.25, 0.3) is 11.3 Å². The molecular formula is C21H23ClN4O2S. The Morgan fingerprint density at radius 1 is 1.10 bits per heavy atom. The van der Waals surface area contributed by atoms with E-state index in [4.69, 9.17) is 17.3 Å². The Balaban J connectivity index is 1.70. The standard InChI is InChI=1S/C21H23ClN4O2S/c1-14-17(8-5-9-18(14)22)19-13-20(26-21(23)25-19)24-11-10-16(29(27)28)12-15-6-3-2-4-7-15/h2-9,13,16,29H,10-12H2,1H3,(H3,23,24,25,26). The molecule has 0 fully saturated rings. The van der Waals surface area contributed by atoms with Gasteiger partial charge in [-0.05, 0) is 37.0 Å². The summed E-state index contributed by atoms with van der Waals surface area (Å²) in [6.07, 6.45) is 0.948. The number of aromatic nitrogens is 2. The summed E-state index contributed by atoms with van der Waals surface area (Å²) in [6, 6.07) is 17.0. The Hall–Kier alpha value is -2.64. The number of benzene rings is 2. The molecule has 1 atom stereocenters. The summed E-state index contributed by atoms with van der Waals surface area (Å²) in [6.45, 7) is 2.37. The van der Waals surface area contributed by atoms with E-state index in [0.29, 0.717) is 35.9 Å². The molecule has 2 aromatic carbocycles. The Morgan fingerprint density at radius 2 is 1.86 bits per heavy atom. The minimum absolute atomic E-state index is 0.139. The van der Waals surface area contributed by atoms with Crippen molar-refractivity contribution in [3.05, 3.63) is 70.7 Å². The number of nitrogen functional groups attached to an aromatic ring is 1. The maximum Gasteiger partial charge on any atom is 0.222 e. The first kappa shape index (κ1) is 21.1. The Kier molecular flexibility index (Phi) is 7.06. The molecule has 0 saturated heterocycles. The number of nitrogens with two attached hydrogens (primary N) is 1. The second-order valence-electron chi connectivity index (χ2n) is 6.75. The first-order valence-corrected chi connectivity index (χ1v) is 10.9. The Labute approximate surface area is 177 Å². The normalized spacial score (nSPS) is 12.1. The number of halogens is 1. The monoisotopic (exact) mass is 430 g/mol. The van der Waals surface area contributed by atoms with Crippen LogP contribution >= 0.6 is 11.6 Å². The van der Waals surface area contributed by atoms with Crippen LogP contribution in [0.4, 0.5) is 11.8 Å². The van der Waals surface area contributed by atoms with Gasteiger partial charge in [-0.15, -0.1) is 0 Å². The summed E-state index contributed by atoms with van der Waals surface area (Å²) in [4.78, 5) is 8.51. The molecule has 1 unspecified atom stereocenters. The van der Waals surface area contributed by atoms with E-state index in [9.17, 15) is 8.42 Å². The van der Waals surface area contributed by atoms with Crippen molar-refractivity contribution >= 4 is 34.1 Å². The highest BCUT2D eigenvalue weighted by Crippen LogP contribution is 2.28. The van der Waals surface area contributed by atoms with Crippen molar-refractivity contribution in [2.45, 2.75) is 25.0 Å². The zero-order valence-electron chi connectivity index (χ0n) is 16.0. The van der Waals surface area contributed by atoms with E-state index in [1.165, 1.54) is 0 Å². The lowest BCUT2D eigenvalue weighted by Gasteiger charge is -2.13. The molecule has 0 amide bonds. The molecule has 1 heterocycles. The fourth-order valence-corrected chi connectivity index (χ4v) is 3.99. The number of nitrogens with one attached hydrogen (secondary N) is 1. The van der Waals surface area contributed by atoms with Gasteiger partial charge in [-0.3, -0.25) is 0 Å². The van der Waals surface area contributed by atoms with Gasteiger partial charge in [0.15, 0.2) is 0 Å². The van der Waals surface area contributed by atoms with Crippen molar-refractivity contribution in [1.82, 2.24) is 9.97 Å². The SMILES string of the molecule is Cc1c(Cl)cccc1-c1cc(NCCC(Cc2ccccc2)[SH](=O)=O)nc(N)n1. The van der Waals surface area contributed by atoms with Gasteiger partial charge in [-0.25, -0.2) is 13.4 Å². The minimum Gasteiger partial charge on any atom is -0.370 e. The van der Waals surface area contributed by atoms with E-state index < -0.39 is 16.0 Å².